The summed E-state index contributed by atoms with van der Waals surface area (Å²) in [6.45, 7) is 3.64. The molecule has 0 amide bonds. The predicted octanol–water partition coefficient (Wildman–Crippen LogP) is 2.49. The summed E-state index contributed by atoms with van der Waals surface area (Å²) in [6, 6.07) is 3.16. The van der Waals surface area contributed by atoms with E-state index >= 15 is 0 Å². The van der Waals surface area contributed by atoms with Crippen LogP contribution in [0.25, 0.3) is 10.2 Å². The number of aromatic nitrogens is 2. The minimum atomic E-state index is -0.481. The van der Waals surface area contributed by atoms with Gasteiger partial charge in [-0.05, 0) is 31.5 Å². The van der Waals surface area contributed by atoms with E-state index in [1.54, 1.807) is 26.0 Å². The largest absolute Gasteiger partial charge is 0.462 e. The van der Waals surface area contributed by atoms with E-state index in [1.165, 1.54) is 6.26 Å². The average Bonchev–Trinajstić information content (AvgIpc) is 3.16. The van der Waals surface area contributed by atoms with Gasteiger partial charge in [-0.3, -0.25) is 9.59 Å². The molecule has 124 valence electrons. The zero-order chi connectivity index (χ0) is 17.3. The second kappa shape index (κ2) is 6.40. The van der Waals surface area contributed by atoms with Gasteiger partial charge in [0.25, 0.3) is 5.56 Å². The van der Waals surface area contributed by atoms with Crippen molar-refractivity contribution in [2.75, 3.05) is 6.61 Å². The van der Waals surface area contributed by atoms with Gasteiger partial charge in [0.1, 0.15) is 15.5 Å². The molecular formula is C16H14N2O5S. The first-order valence-corrected chi connectivity index (χ1v) is 8.09. The van der Waals surface area contributed by atoms with Crippen molar-refractivity contribution in [2.45, 2.75) is 20.3 Å². The molecule has 0 spiro atoms. The van der Waals surface area contributed by atoms with Crippen LogP contribution in [0.5, 0.6) is 0 Å². The molecule has 0 bridgehead atoms. The number of aryl methyl sites for hydroxylation is 1. The highest BCUT2D eigenvalue weighted by molar-refractivity contribution is 7.20. The number of ketones is 1. The molecule has 7 nitrogen and oxygen atoms in total. The molecule has 0 aliphatic rings. The molecule has 0 aromatic carbocycles. The average molecular weight is 346 g/mol. The summed E-state index contributed by atoms with van der Waals surface area (Å²) in [6.07, 6.45) is 1.31. The second-order valence-electron chi connectivity index (χ2n) is 5.05. The Hall–Kier alpha value is -2.74. The van der Waals surface area contributed by atoms with Gasteiger partial charge in [0, 0.05) is 0 Å². The standard InChI is InChI=1S/C16H14N2O5S/c1-3-22-16(21)13-8(2)12-14(20)17-11(18-15(12)24-13)7-9(19)10-5-4-6-23-10/h4-6H,3,7H2,1-2H3,(H,17,18,20). The predicted molar refractivity (Wildman–Crippen MR) is 87.7 cm³/mol. The van der Waals surface area contributed by atoms with E-state index < -0.39 is 5.97 Å². The van der Waals surface area contributed by atoms with Crippen LogP contribution in [0.4, 0.5) is 0 Å². The van der Waals surface area contributed by atoms with Crippen LogP contribution in [0.3, 0.4) is 0 Å². The van der Waals surface area contributed by atoms with Crippen molar-refractivity contribution in [3.63, 3.8) is 0 Å². The number of carbonyl (C=O) groups excluding carboxylic acids is 2. The van der Waals surface area contributed by atoms with E-state index in [0.717, 1.165) is 11.3 Å². The molecule has 24 heavy (non-hydrogen) atoms. The van der Waals surface area contributed by atoms with Gasteiger partial charge >= 0.3 is 5.97 Å². The Morgan fingerprint density at radius 3 is 2.88 bits per heavy atom. The van der Waals surface area contributed by atoms with Crippen molar-refractivity contribution in [1.82, 2.24) is 9.97 Å². The third-order valence-electron chi connectivity index (χ3n) is 3.43. The lowest BCUT2D eigenvalue weighted by molar-refractivity contribution is 0.0531. The SMILES string of the molecule is CCOC(=O)c1sc2nc(CC(=O)c3ccco3)[nH]c(=O)c2c1C. The van der Waals surface area contributed by atoms with Crippen molar-refractivity contribution >= 4 is 33.3 Å². The number of esters is 1. The highest BCUT2D eigenvalue weighted by atomic mass is 32.1. The maximum atomic E-state index is 12.3. The van der Waals surface area contributed by atoms with Gasteiger partial charge < -0.3 is 14.1 Å². The fraction of sp³-hybridized carbons (Fsp3) is 0.250. The van der Waals surface area contributed by atoms with Crippen molar-refractivity contribution in [1.29, 1.82) is 0 Å². The fourth-order valence-corrected chi connectivity index (χ4v) is 3.43. The molecule has 0 saturated heterocycles. The van der Waals surface area contributed by atoms with E-state index in [2.05, 4.69) is 9.97 Å². The highest BCUT2D eigenvalue weighted by Gasteiger charge is 2.21. The van der Waals surface area contributed by atoms with Crippen LogP contribution in [0, 0.1) is 6.92 Å². The first kappa shape index (κ1) is 16.1. The van der Waals surface area contributed by atoms with E-state index in [0.29, 0.717) is 20.7 Å². The number of aromatic amines is 1. The quantitative estimate of drug-likeness (QED) is 0.562. The molecule has 0 unspecified atom stereocenters. The second-order valence-corrected chi connectivity index (χ2v) is 6.05. The molecule has 0 aliphatic carbocycles. The van der Waals surface area contributed by atoms with E-state index in [9.17, 15) is 14.4 Å². The molecule has 3 rings (SSSR count). The lowest BCUT2D eigenvalue weighted by Crippen LogP contribution is -2.15. The van der Waals surface area contributed by atoms with Crippen molar-refractivity contribution < 1.29 is 18.7 Å². The maximum Gasteiger partial charge on any atom is 0.348 e. The van der Waals surface area contributed by atoms with Crippen molar-refractivity contribution in [3.05, 3.63) is 50.8 Å². The summed E-state index contributed by atoms with van der Waals surface area (Å²) >= 11 is 1.08. The summed E-state index contributed by atoms with van der Waals surface area (Å²) in [5.41, 5.74) is 0.151. The number of H-pyrrole nitrogens is 1. The summed E-state index contributed by atoms with van der Waals surface area (Å²) in [4.78, 5) is 44.0. The molecule has 0 saturated carbocycles. The first-order valence-electron chi connectivity index (χ1n) is 7.27. The van der Waals surface area contributed by atoms with Crippen LogP contribution in [0.15, 0.2) is 27.6 Å². The molecule has 3 aromatic heterocycles. The number of nitrogens with one attached hydrogen (secondary N) is 1. The number of fused-ring (bicyclic) bond motifs is 1. The van der Waals surface area contributed by atoms with Crippen molar-refractivity contribution in [3.8, 4) is 0 Å². The Balaban J connectivity index is 1.99. The summed E-state index contributed by atoms with van der Waals surface area (Å²) in [7, 11) is 0. The molecule has 3 aromatic rings. The normalized spacial score (nSPS) is 10.9. The smallest absolute Gasteiger partial charge is 0.348 e. The number of rotatable bonds is 5. The van der Waals surface area contributed by atoms with Crippen LogP contribution in [0.1, 0.15) is 38.5 Å². The molecule has 0 aliphatic heterocycles. The minimum absolute atomic E-state index is 0.0929. The van der Waals surface area contributed by atoms with E-state index in [4.69, 9.17) is 9.15 Å². The lowest BCUT2D eigenvalue weighted by atomic mass is 10.2. The molecule has 0 fully saturated rings. The molecule has 1 N–H and O–H groups in total. The number of carbonyl (C=O) groups is 2. The van der Waals surface area contributed by atoms with Gasteiger partial charge in [-0.2, -0.15) is 0 Å². The topological polar surface area (TPSA) is 102 Å². The third kappa shape index (κ3) is 2.88. The third-order valence-corrected chi connectivity index (χ3v) is 4.60. The Morgan fingerprint density at radius 2 is 2.21 bits per heavy atom. The number of thiophene rings is 1. The van der Waals surface area contributed by atoms with Crippen LogP contribution in [-0.4, -0.2) is 28.3 Å². The minimum Gasteiger partial charge on any atom is -0.462 e. The van der Waals surface area contributed by atoms with Crippen LogP contribution in [0.2, 0.25) is 0 Å². The number of furan rings is 1. The van der Waals surface area contributed by atoms with Gasteiger partial charge in [0.2, 0.25) is 5.78 Å². The fourth-order valence-electron chi connectivity index (χ4n) is 2.34. The van der Waals surface area contributed by atoms with Gasteiger partial charge in [-0.25, -0.2) is 9.78 Å². The van der Waals surface area contributed by atoms with E-state index in [1.807, 2.05) is 0 Å². The molecular weight excluding hydrogens is 332 g/mol. The summed E-state index contributed by atoms with van der Waals surface area (Å²) < 4.78 is 10.0. The van der Waals surface area contributed by atoms with Crippen LogP contribution >= 0.6 is 11.3 Å². The Bertz CT molecular complexity index is 968. The summed E-state index contributed by atoms with van der Waals surface area (Å²) in [5, 5.41) is 0.345. The zero-order valence-corrected chi connectivity index (χ0v) is 13.9. The highest BCUT2D eigenvalue weighted by Crippen LogP contribution is 2.27. The first-order chi connectivity index (χ1) is 11.5. The number of Topliss-reactive ketones (excluding diaryl/α,β-unsaturated/α-hetero) is 1. The van der Waals surface area contributed by atoms with Gasteiger partial charge in [-0.1, -0.05) is 0 Å². The van der Waals surface area contributed by atoms with Gasteiger partial charge in [0.15, 0.2) is 5.76 Å². The Labute approximate surface area is 140 Å². The van der Waals surface area contributed by atoms with Crippen LogP contribution in [-0.2, 0) is 11.2 Å². The maximum absolute atomic E-state index is 12.3. The Kier molecular flexibility index (Phi) is 4.30. The van der Waals surface area contributed by atoms with Gasteiger partial charge in [-0.15, -0.1) is 11.3 Å². The monoisotopic (exact) mass is 346 g/mol. The molecule has 8 heteroatoms. The van der Waals surface area contributed by atoms with Crippen LogP contribution < -0.4 is 5.56 Å². The molecule has 0 atom stereocenters. The summed E-state index contributed by atoms with van der Waals surface area (Å²) in [5.74, 6) is -0.343. The molecule has 3 heterocycles. The Morgan fingerprint density at radius 1 is 1.42 bits per heavy atom. The van der Waals surface area contributed by atoms with Gasteiger partial charge in [0.05, 0.1) is 24.7 Å². The number of hydrogen-bond acceptors (Lipinski definition) is 7. The molecule has 0 radical (unpaired) electrons. The lowest BCUT2D eigenvalue weighted by Gasteiger charge is -1.99. The number of ether oxygens (including phenoxy) is 1. The zero-order valence-electron chi connectivity index (χ0n) is 13.0. The number of hydrogen-bond donors (Lipinski definition) is 1. The van der Waals surface area contributed by atoms with Crippen molar-refractivity contribution in [2.24, 2.45) is 0 Å². The number of nitrogens with zero attached hydrogens (tertiary/aromatic N) is 1. The van der Waals surface area contributed by atoms with E-state index in [-0.39, 0.29) is 36.0 Å².